The van der Waals surface area contributed by atoms with Crippen molar-refractivity contribution in [2.24, 2.45) is 28.1 Å². The van der Waals surface area contributed by atoms with Crippen LogP contribution in [0, 0.1) is 28.1 Å². The molecule has 4 saturated heterocycles. The van der Waals surface area contributed by atoms with Gasteiger partial charge in [-0.2, -0.15) is 0 Å². The molecule has 13 atom stereocenters. The maximum Gasteiger partial charge on any atom is 0.188 e. The highest BCUT2D eigenvalue weighted by Gasteiger charge is 2.99. The van der Waals surface area contributed by atoms with Gasteiger partial charge in [-0.3, -0.25) is 0 Å². The van der Waals surface area contributed by atoms with E-state index >= 15 is 0 Å². The van der Waals surface area contributed by atoms with Crippen molar-refractivity contribution in [2.75, 3.05) is 0 Å². The zero-order chi connectivity index (χ0) is 20.9. The zero-order valence-corrected chi connectivity index (χ0v) is 17.0. The van der Waals surface area contributed by atoms with E-state index < -0.39 is 71.4 Å². The van der Waals surface area contributed by atoms with Gasteiger partial charge in [0.15, 0.2) is 30.8 Å². The molecule has 5 N–H and O–H groups in total. The minimum atomic E-state index is -1.74. The highest BCUT2D eigenvalue weighted by atomic mass is 16.8. The van der Waals surface area contributed by atoms with Crippen molar-refractivity contribution in [3.05, 3.63) is 0 Å². The van der Waals surface area contributed by atoms with Crippen LogP contribution in [0.2, 0.25) is 0 Å². The minimum absolute atomic E-state index is 0. The van der Waals surface area contributed by atoms with Crippen LogP contribution >= 0.6 is 0 Å². The lowest BCUT2D eigenvalue weighted by molar-refractivity contribution is -0.310. The molecule has 0 aromatic carbocycles. The Morgan fingerprint density at radius 1 is 0.933 bits per heavy atom. The molecule has 0 amide bonds. The number of aliphatic hydroxyl groups excluding tert-OH is 4. The molecule has 0 aromatic rings. The maximum absolute atomic E-state index is 12.0. The van der Waals surface area contributed by atoms with Gasteiger partial charge in [-0.25, -0.2) is 0 Å². The van der Waals surface area contributed by atoms with Crippen molar-refractivity contribution in [3.63, 3.8) is 0 Å². The van der Waals surface area contributed by atoms with Gasteiger partial charge in [-0.15, -0.1) is 0 Å². The van der Waals surface area contributed by atoms with Crippen molar-refractivity contribution < 1.29 is 44.5 Å². The predicted molar refractivity (Wildman–Crippen MR) is 100 cm³/mol. The standard InChI is InChI=1S/C20H30O9.CH4/c1-7-12(22)26-10-6-17-9-5-8(16(2,3)4)18(17)11(21)13(23)28-15(18)29-20(17,14(24)27-9)19(7,10)25;/h7-15,21-25H,5-6H2,1-4H3;1H4/t7-,8+,9?,10?,11+,12?,13+,14?,15?,17?,18?,19-,20-;/m1./s1. The third-order valence-corrected chi connectivity index (χ3v) is 9.42. The van der Waals surface area contributed by atoms with Crippen LogP contribution in [-0.4, -0.2) is 80.2 Å². The average Bonchev–Trinajstić information content (AvgIpc) is 3.31. The van der Waals surface area contributed by atoms with Crippen LogP contribution in [0.15, 0.2) is 0 Å². The van der Waals surface area contributed by atoms with Gasteiger partial charge in [0.25, 0.3) is 0 Å². The van der Waals surface area contributed by atoms with Crippen molar-refractivity contribution in [1.29, 1.82) is 0 Å². The van der Waals surface area contributed by atoms with E-state index in [4.69, 9.17) is 18.9 Å². The minimum Gasteiger partial charge on any atom is -0.387 e. The van der Waals surface area contributed by atoms with E-state index in [0.29, 0.717) is 6.42 Å². The van der Waals surface area contributed by atoms with E-state index in [1.165, 1.54) is 0 Å². The normalized spacial score (nSPS) is 65.3. The molecule has 7 unspecified atom stereocenters. The molecule has 0 bridgehead atoms. The summed E-state index contributed by atoms with van der Waals surface area (Å²) in [6.45, 7) is 7.83. The van der Waals surface area contributed by atoms with Gasteiger partial charge in [0.2, 0.25) is 0 Å². The first-order valence-electron chi connectivity index (χ1n) is 10.5. The molecule has 9 nitrogen and oxygen atoms in total. The summed E-state index contributed by atoms with van der Waals surface area (Å²) in [5.41, 5.74) is -5.81. The van der Waals surface area contributed by atoms with Gasteiger partial charge in [0, 0.05) is 11.3 Å². The summed E-state index contributed by atoms with van der Waals surface area (Å²) < 4.78 is 23.9. The Bertz CT molecular complexity index is 770. The third-order valence-electron chi connectivity index (χ3n) is 9.42. The number of aliphatic hydroxyl groups is 5. The summed E-state index contributed by atoms with van der Waals surface area (Å²) in [4.78, 5) is 0. The molecule has 2 aliphatic carbocycles. The topological polar surface area (TPSA) is 138 Å². The highest BCUT2D eigenvalue weighted by molar-refractivity contribution is 5.42. The van der Waals surface area contributed by atoms with Gasteiger partial charge in [-0.05, 0) is 24.2 Å². The van der Waals surface area contributed by atoms with Gasteiger partial charge < -0.3 is 44.5 Å². The molecule has 6 fully saturated rings. The second kappa shape index (κ2) is 5.58. The summed E-state index contributed by atoms with van der Waals surface area (Å²) >= 11 is 0. The fourth-order valence-electron chi connectivity index (χ4n) is 8.55. The van der Waals surface area contributed by atoms with Crippen LogP contribution in [0.1, 0.15) is 48.0 Å². The maximum atomic E-state index is 12.0. The molecule has 9 heteroatoms. The monoisotopic (exact) mass is 430 g/mol. The summed E-state index contributed by atoms with van der Waals surface area (Å²) in [5.74, 6) is -0.926. The average molecular weight is 430 g/mol. The van der Waals surface area contributed by atoms with Crippen LogP contribution in [0.3, 0.4) is 0 Å². The molecular weight excluding hydrogens is 396 g/mol. The molecule has 4 aliphatic heterocycles. The Kier molecular flexibility index (Phi) is 3.99. The molecule has 6 rings (SSSR count). The lowest BCUT2D eigenvalue weighted by Gasteiger charge is -2.49. The number of fused-ring (bicyclic) bond motifs is 1. The van der Waals surface area contributed by atoms with E-state index in [2.05, 4.69) is 20.8 Å². The largest absolute Gasteiger partial charge is 0.387 e. The SMILES string of the molecule is C.C[C@@H]1C(O)OC2CC34C5C[C@@H](C(C)(C)C)C36C(O[C@H](O)[C@@H]6O)O[C@@]4(C(O)O5)[C@]21O. The van der Waals surface area contributed by atoms with Crippen LogP contribution in [0.25, 0.3) is 0 Å². The van der Waals surface area contributed by atoms with Crippen LogP contribution in [0.4, 0.5) is 0 Å². The molecule has 2 saturated carbocycles. The number of hydrogen-bond acceptors (Lipinski definition) is 9. The molecular formula is C21H34O9. The third kappa shape index (κ3) is 1.66. The Labute approximate surface area is 175 Å². The smallest absolute Gasteiger partial charge is 0.188 e. The molecule has 0 aromatic heterocycles. The number of rotatable bonds is 0. The Balaban J connectivity index is 0.00000193. The molecule has 172 valence electrons. The van der Waals surface area contributed by atoms with Crippen LogP contribution < -0.4 is 0 Å². The predicted octanol–water partition coefficient (Wildman–Crippen LogP) is -0.329. The number of ether oxygens (including phenoxy) is 4. The van der Waals surface area contributed by atoms with Gasteiger partial charge >= 0.3 is 0 Å². The molecule has 2 spiro atoms. The van der Waals surface area contributed by atoms with E-state index in [1.54, 1.807) is 6.92 Å². The fraction of sp³-hybridized carbons (Fsp3) is 1.00. The van der Waals surface area contributed by atoms with Crippen LogP contribution in [-0.2, 0) is 18.9 Å². The second-order valence-electron chi connectivity index (χ2n) is 11.0. The molecule has 0 radical (unpaired) electrons. The first-order chi connectivity index (χ1) is 13.4. The first kappa shape index (κ1) is 21.5. The highest BCUT2D eigenvalue weighted by Crippen LogP contribution is 2.85. The van der Waals surface area contributed by atoms with Gasteiger partial charge in [0.1, 0.15) is 11.7 Å². The molecule has 30 heavy (non-hydrogen) atoms. The molecule has 6 aliphatic rings. The van der Waals surface area contributed by atoms with E-state index in [9.17, 15) is 25.5 Å². The van der Waals surface area contributed by atoms with Crippen molar-refractivity contribution in [2.45, 2.75) is 103 Å². The van der Waals surface area contributed by atoms with Gasteiger partial charge in [-0.1, -0.05) is 35.1 Å². The Morgan fingerprint density at radius 3 is 2.23 bits per heavy atom. The summed E-state index contributed by atoms with van der Waals surface area (Å²) in [6.07, 6.45) is -6.98. The van der Waals surface area contributed by atoms with Crippen molar-refractivity contribution in [1.82, 2.24) is 0 Å². The zero-order valence-electron chi connectivity index (χ0n) is 17.0. The van der Waals surface area contributed by atoms with Crippen molar-refractivity contribution in [3.8, 4) is 0 Å². The summed E-state index contributed by atoms with van der Waals surface area (Å²) in [6, 6.07) is 0. The molecule has 4 heterocycles. The van der Waals surface area contributed by atoms with E-state index in [1.807, 2.05) is 0 Å². The second-order valence-corrected chi connectivity index (χ2v) is 11.0. The van der Waals surface area contributed by atoms with E-state index in [-0.39, 0.29) is 25.2 Å². The Morgan fingerprint density at radius 2 is 1.60 bits per heavy atom. The Hall–Kier alpha value is -0.360. The fourth-order valence-corrected chi connectivity index (χ4v) is 8.55. The lowest BCUT2D eigenvalue weighted by Crippen LogP contribution is -2.67. The summed E-state index contributed by atoms with van der Waals surface area (Å²) in [7, 11) is 0. The van der Waals surface area contributed by atoms with E-state index in [0.717, 1.165) is 0 Å². The number of hydrogen-bond donors (Lipinski definition) is 5. The first-order valence-corrected chi connectivity index (χ1v) is 10.5. The summed E-state index contributed by atoms with van der Waals surface area (Å²) in [5, 5.41) is 55.3. The van der Waals surface area contributed by atoms with Crippen molar-refractivity contribution >= 4 is 0 Å². The quantitative estimate of drug-likeness (QED) is 0.350. The lowest BCUT2D eigenvalue weighted by atomic mass is 9.51. The van der Waals surface area contributed by atoms with Crippen LogP contribution in [0.5, 0.6) is 0 Å². The van der Waals surface area contributed by atoms with Gasteiger partial charge in [0.05, 0.1) is 17.6 Å².